The van der Waals surface area contributed by atoms with Crippen LogP contribution in [0, 0.1) is 5.82 Å². The minimum Gasteiger partial charge on any atom is -0.484 e. The second-order valence-electron chi connectivity index (χ2n) is 5.58. The fraction of sp³-hybridized carbons (Fsp3) is 0.167. The summed E-state index contributed by atoms with van der Waals surface area (Å²) in [5.74, 6) is 1.22. The number of anilines is 1. The van der Waals surface area contributed by atoms with Crippen molar-refractivity contribution in [2.45, 2.75) is 13.2 Å². The molecular formula is C18H14FN3O4. The predicted molar refractivity (Wildman–Crippen MR) is 88.2 cm³/mol. The van der Waals surface area contributed by atoms with Gasteiger partial charge in [0.2, 0.25) is 0 Å². The molecule has 0 saturated carbocycles. The summed E-state index contributed by atoms with van der Waals surface area (Å²) in [6.45, 7) is 0.181. The lowest BCUT2D eigenvalue weighted by Gasteiger charge is -2.28. The minimum absolute atomic E-state index is 0.0323. The van der Waals surface area contributed by atoms with Gasteiger partial charge in [0.15, 0.2) is 19.0 Å². The standard InChI is InChI=1S/C18H14FN3O4/c19-12-5-7-13(8-6-12)24-10-17-20-16(21-26-17)9-22-14-3-1-2-4-15(14)25-11-18(22)23/h1-8H,9-11H2. The SMILES string of the molecule is O=C1COc2ccccc2N1Cc1noc(COc2ccc(F)cc2)n1. The second kappa shape index (κ2) is 6.83. The summed E-state index contributed by atoms with van der Waals surface area (Å²) in [6, 6.07) is 12.9. The predicted octanol–water partition coefficient (Wildman–Crippen LogP) is 2.71. The van der Waals surface area contributed by atoms with Crippen LogP contribution < -0.4 is 14.4 Å². The van der Waals surface area contributed by atoms with Crippen molar-refractivity contribution in [1.29, 1.82) is 0 Å². The van der Waals surface area contributed by atoms with E-state index in [1.54, 1.807) is 17.0 Å². The molecule has 1 aliphatic rings. The number of fused-ring (bicyclic) bond motifs is 1. The molecule has 2 aromatic carbocycles. The third-order valence-electron chi connectivity index (χ3n) is 3.79. The van der Waals surface area contributed by atoms with Crippen molar-refractivity contribution in [2.75, 3.05) is 11.5 Å². The Balaban J connectivity index is 1.43. The van der Waals surface area contributed by atoms with Crippen molar-refractivity contribution >= 4 is 11.6 Å². The molecule has 0 radical (unpaired) electrons. The number of benzene rings is 2. The van der Waals surface area contributed by atoms with Gasteiger partial charge in [-0.05, 0) is 36.4 Å². The van der Waals surface area contributed by atoms with E-state index in [4.69, 9.17) is 14.0 Å². The number of nitrogens with zero attached hydrogens (tertiary/aromatic N) is 3. The van der Waals surface area contributed by atoms with E-state index in [0.717, 1.165) is 0 Å². The molecule has 7 nitrogen and oxygen atoms in total. The summed E-state index contributed by atoms with van der Waals surface area (Å²) >= 11 is 0. The first kappa shape index (κ1) is 16.1. The summed E-state index contributed by atoms with van der Waals surface area (Å²) < 4.78 is 28.9. The normalized spacial score (nSPS) is 13.3. The van der Waals surface area contributed by atoms with Gasteiger partial charge in [-0.15, -0.1) is 0 Å². The highest BCUT2D eigenvalue weighted by Gasteiger charge is 2.26. The Hall–Kier alpha value is -3.42. The zero-order chi connectivity index (χ0) is 17.9. The van der Waals surface area contributed by atoms with Crippen molar-refractivity contribution in [3.05, 3.63) is 66.1 Å². The molecule has 0 spiro atoms. The van der Waals surface area contributed by atoms with Crippen LogP contribution in [0.2, 0.25) is 0 Å². The molecule has 0 bridgehead atoms. The fourth-order valence-corrected chi connectivity index (χ4v) is 2.56. The molecule has 0 saturated heterocycles. The molecule has 1 aromatic heterocycles. The molecule has 3 aromatic rings. The molecular weight excluding hydrogens is 341 g/mol. The van der Waals surface area contributed by atoms with Crippen molar-refractivity contribution in [3.63, 3.8) is 0 Å². The largest absolute Gasteiger partial charge is 0.484 e. The first-order chi connectivity index (χ1) is 12.7. The van der Waals surface area contributed by atoms with Crippen LogP contribution in [0.1, 0.15) is 11.7 Å². The molecule has 8 heteroatoms. The van der Waals surface area contributed by atoms with Crippen molar-refractivity contribution in [1.82, 2.24) is 10.1 Å². The highest BCUT2D eigenvalue weighted by Crippen LogP contribution is 2.32. The number of ether oxygens (including phenoxy) is 2. The van der Waals surface area contributed by atoms with Gasteiger partial charge >= 0.3 is 0 Å². The monoisotopic (exact) mass is 355 g/mol. The van der Waals surface area contributed by atoms with Gasteiger partial charge in [-0.2, -0.15) is 4.98 Å². The molecule has 26 heavy (non-hydrogen) atoms. The van der Waals surface area contributed by atoms with Gasteiger partial charge in [0.05, 0.1) is 12.2 Å². The molecule has 1 amide bonds. The lowest BCUT2D eigenvalue weighted by Crippen LogP contribution is -2.38. The maximum Gasteiger partial charge on any atom is 0.265 e. The van der Waals surface area contributed by atoms with Crippen molar-refractivity contribution in [2.24, 2.45) is 0 Å². The van der Waals surface area contributed by atoms with Gasteiger partial charge in [-0.25, -0.2) is 4.39 Å². The van der Waals surface area contributed by atoms with E-state index in [1.165, 1.54) is 24.3 Å². The Morgan fingerprint density at radius 1 is 1.15 bits per heavy atom. The molecule has 2 heterocycles. The maximum atomic E-state index is 12.9. The van der Waals surface area contributed by atoms with E-state index >= 15 is 0 Å². The molecule has 132 valence electrons. The Morgan fingerprint density at radius 3 is 2.81 bits per heavy atom. The first-order valence-electron chi connectivity index (χ1n) is 7.91. The Labute approximate surface area is 147 Å². The van der Waals surface area contributed by atoms with E-state index in [0.29, 0.717) is 23.0 Å². The van der Waals surface area contributed by atoms with Crippen LogP contribution in [0.15, 0.2) is 53.1 Å². The molecule has 1 aliphatic heterocycles. The summed E-state index contributed by atoms with van der Waals surface area (Å²) in [5.41, 5.74) is 0.665. The number of amides is 1. The van der Waals surface area contributed by atoms with Gasteiger partial charge < -0.3 is 14.0 Å². The molecule has 4 rings (SSSR count). The summed E-state index contributed by atoms with van der Waals surface area (Å²) in [5, 5.41) is 3.88. The van der Waals surface area contributed by atoms with Gasteiger partial charge in [0.1, 0.15) is 17.3 Å². The van der Waals surface area contributed by atoms with Crippen LogP contribution in [0.25, 0.3) is 0 Å². The van der Waals surface area contributed by atoms with Crippen LogP contribution in [0.5, 0.6) is 11.5 Å². The number of rotatable bonds is 5. The number of carbonyl (C=O) groups excluding carboxylic acids is 1. The van der Waals surface area contributed by atoms with E-state index in [9.17, 15) is 9.18 Å². The molecule has 0 atom stereocenters. The molecule has 0 fully saturated rings. The average molecular weight is 355 g/mol. The van der Waals surface area contributed by atoms with Gasteiger partial charge in [-0.1, -0.05) is 17.3 Å². The van der Waals surface area contributed by atoms with Crippen molar-refractivity contribution < 1.29 is 23.2 Å². The minimum atomic E-state index is -0.340. The second-order valence-corrected chi connectivity index (χ2v) is 5.58. The van der Waals surface area contributed by atoms with Crippen LogP contribution in [0.4, 0.5) is 10.1 Å². The smallest absolute Gasteiger partial charge is 0.265 e. The lowest BCUT2D eigenvalue weighted by molar-refractivity contribution is -0.121. The summed E-state index contributed by atoms with van der Waals surface area (Å²) in [6.07, 6.45) is 0. The zero-order valence-electron chi connectivity index (χ0n) is 13.6. The average Bonchev–Trinajstić information content (AvgIpc) is 3.11. The topological polar surface area (TPSA) is 77.7 Å². The van der Waals surface area contributed by atoms with Crippen LogP contribution in [-0.2, 0) is 17.9 Å². The number of aromatic nitrogens is 2. The number of carbonyl (C=O) groups is 1. The number of hydrogen-bond acceptors (Lipinski definition) is 6. The van der Waals surface area contributed by atoms with Crippen LogP contribution in [0.3, 0.4) is 0 Å². The molecule has 0 aliphatic carbocycles. The van der Waals surface area contributed by atoms with Gasteiger partial charge in [-0.3, -0.25) is 9.69 Å². The fourth-order valence-electron chi connectivity index (χ4n) is 2.56. The summed E-state index contributed by atoms with van der Waals surface area (Å²) in [7, 11) is 0. The summed E-state index contributed by atoms with van der Waals surface area (Å²) in [4.78, 5) is 17.9. The van der Waals surface area contributed by atoms with E-state index in [1.807, 2.05) is 12.1 Å². The highest BCUT2D eigenvalue weighted by atomic mass is 19.1. The number of halogens is 1. The number of para-hydroxylation sites is 2. The third kappa shape index (κ3) is 3.34. The Kier molecular flexibility index (Phi) is 4.22. The molecule has 0 N–H and O–H groups in total. The highest BCUT2D eigenvalue weighted by molar-refractivity contribution is 5.97. The Bertz CT molecular complexity index is 926. The van der Waals surface area contributed by atoms with Crippen molar-refractivity contribution in [3.8, 4) is 11.5 Å². The maximum absolute atomic E-state index is 12.9. The van der Waals surface area contributed by atoms with E-state index in [2.05, 4.69) is 10.1 Å². The van der Waals surface area contributed by atoms with E-state index < -0.39 is 0 Å². The zero-order valence-corrected chi connectivity index (χ0v) is 13.6. The first-order valence-corrected chi connectivity index (χ1v) is 7.91. The molecule has 0 unspecified atom stereocenters. The van der Waals surface area contributed by atoms with Crippen LogP contribution in [-0.4, -0.2) is 22.7 Å². The van der Waals surface area contributed by atoms with Crippen LogP contribution >= 0.6 is 0 Å². The third-order valence-corrected chi connectivity index (χ3v) is 3.79. The Morgan fingerprint density at radius 2 is 1.96 bits per heavy atom. The van der Waals surface area contributed by atoms with Gasteiger partial charge in [0.25, 0.3) is 11.8 Å². The quantitative estimate of drug-likeness (QED) is 0.700. The lowest BCUT2D eigenvalue weighted by atomic mass is 10.2. The number of hydrogen-bond donors (Lipinski definition) is 0. The van der Waals surface area contributed by atoms with Gasteiger partial charge in [0, 0.05) is 0 Å². The van der Waals surface area contributed by atoms with E-state index in [-0.39, 0.29) is 37.4 Å².